The van der Waals surface area contributed by atoms with E-state index in [4.69, 9.17) is 21.1 Å². The Labute approximate surface area is 135 Å². The fraction of sp³-hybridized carbons (Fsp3) is 0.278. The van der Waals surface area contributed by atoms with E-state index >= 15 is 0 Å². The van der Waals surface area contributed by atoms with Gasteiger partial charge in [0, 0.05) is 5.02 Å². The predicted molar refractivity (Wildman–Crippen MR) is 87.4 cm³/mol. The van der Waals surface area contributed by atoms with Gasteiger partial charge in [0.05, 0.1) is 12.2 Å². The number of esters is 1. The van der Waals surface area contributed by atoms with Crippen molar-refractivity contribution in [2.75, 3.05) is 6.61 Å². The Morgan fingerprint density at radius 1 is 1.14 bits per heavy atom. The van der Waals surface area contributed by atoms with Gasteiger partial charge in [-0.15, -0.1) is 0 Å². The van der Waals surface area contributed by atoms with E-state index in [1.807, 2.05) is 24.3 Å². The van der Waals surface area contributed by atoms with Crippen molar-refractivity contribution in [3.05, 3.63) is 64.7 Å². The van der Waals surface area contributed by atoms with Crippen LogP contribution in [0.4, 0.5) is 0 Å². The zero-order valence-corrected chi connectivity index (χ0v) is 13.3. The molecule has 2 aromatic rings. The second-order valence-corrected chi connectivity index (χ2v) is 5.37. The summed E-state index contributed by atoms with van der Waals surface area (Å²) < 4.78 is 10.8. The molecular weight excluding hydrogens is 300 g/mol. The number of benzene rings is 2. The number of carbonyl (C=O) groups is 1. The quantitative estimate of drug-likeness (QED) is 0.539. The Kier molecular flexibility index (Phi) is 6.28. The zero-order valence-electron chi connectivity index (χ0n) is 12.5. The maximum absolute atomic E-state index is 11.8. The van der Waals surface area contributed by atoms with Crippen LogP contribution in [0, 0.1) is 0 Å². The van der Waals surface area contributed by atoms with E-state index in [9.17, 15) is 4.79 Å². The maximum Gasteiger partial charge on any atom is 0.338 e. The SMILES string of the molecule is CCCCOC(=O)c1ccc(OCc2cccc(Cl)c2)cc1. The van der Waals surface area contributed by atoms with Crippen LogP contribution in [-0.2, 0) is 11.3 Å². The molecule has 0 amide bonds. The number of halogens is 1. The summed E-state index contributed by atoms with van der Waals surface area (Å²) >= 11 is 5.93. The molecule has 0 aliphatic carbocycles. The summed E-state index contributed by atoms with van der Waals surface area (Å²) in [6, 6.07) is 14.5. The van der Waals surface area contributed by atoms with Gasteiger partial charge < -0.3 is 9.47 Å². The first-order valence-electron chi connectivity index (χ1n) is 7.33. The second kappa shape index (κ2) is 8.44. The van der Waals surface area contributed by atoms with Crippen LogP contribution < -0.4 is 4.74 Å². The average Bonchev–Trinajstić information content (AvgIpc) is 2.54. The Hall–Kier alpha value is -2.00. The van der Waals surface area contributed by atoms with E-state index in [1.54, 1.807) is 24.3 Å². The summed E-state index contributed by atoms with van der Waals surface area (Å²) in [4.78, 5) is 11.8. The lowest BCUT2D eigenvalue weighted by Crippen LogP contribution is -2.06. The molecule has 0 aliphatic heterocycles. The van der Waals surface area contributed by atoms with Crippen LogP contribution in [0.3, 0.4) is 0 Å². The summed E-state index contributed by atoms with van der Waals surface area (Å²) in [7, 11) is 0. The largest absolute Gasteiger partial charge is 0.489 e. The third-order valence-corrected chi connectivity index (χ3v) is 3.35. The van der Waals surface area contributed by atoms with Gasteiger partial charge in [-0.05, 0) is 48.4 Å². The Morgan fingerprint density at radius 3 is 2.59 bits per heavy atom. The van der Waals surface area contributed by atoms with Crippen molar-refractivity contribution in [3.8, 4) is 5.75 Å². The lowest BCUT2D eigenvalue weighted by molar-refractivity contribution is 0.0499. The van der Waals surface area contributed by atoms with Crippen LogP contribution in [0.1, 0.15) is 35.7 Å². The van der Waals surface area contributed by atoms with E-state index in [0.29, 0.717) is 29.5 Å². The summed E-state index contributed by atoms with van der Waals surface area (Å²) in [5, 5.41) is 0.686. The Bertz CT molecular complexity index is 608. The van der Waals surface area contributed by atoms with Gasteiger partial charge in [-0.25, -0.2) is 4.79 Å². The van der Waals surface area contributed by atoms with Crippen LogP contribution in [0.25, 0.3) is 0 Å². The molecule has 0 radical (unpaired) electrons. The van der Waals surface area contributed by atoms with Crippen molar-refractivity contribution in [3.63, 3.8) is 0 Å². The van der Waals surface area contributed by atoms with Gasteiger partial charge in [-0.2, -0.15) is 0 Å². The summed E-state index contributed by atoms with van der Waals surface area (Å²) in [5.74, 6) is 0.403. The predicted octanol–water partition coefficient (Wildman–Crippen LogP) is 4.88. The molecule has 0 aliphatic rings. The molecular formula is C18H19ClO3. The first-order valence-corrected chi connectivity index (χ1v) is 7.71. The first-order chi connectivity index (χ1) is 10.7. The number of ether oxygens (including phenoxy) is 2. The second-order valence-electron chi connectivity index (χ2n) is 4.93. The fourth-order valence-corrected chi connectivity index (χ4v) is 2.09. The summed E-state index contributed by atoms with van der Waals surface area (Å²) in [5.41, 5.74) is 1.53. The molecule has 22 heavy (non-hydrogen) atoms. The van der Waals surface area contributed by atoms with Crippen molar-refractivity contribution < 1.29 is 14.3 Å². The van der Waals surface area contributed by atoms with Crippen molar-refractivity contribution in [1.82, 2.24) is 0 Å². The molecule has 3 nitrogen and oxygen atoms in total. The Morgan fingerprint density at radius 2 is 1.91 bits per heavy atom. The monoisotopic (exact) mass is 318 g/mol. The third kappa shape index (κ3) is 5.08. The number of hydrogen-bond donors (Lipinski definition) is 0. The molecule has 116 valence electrons. The Balaban J connectivity index is 1.87. The van der Waals surface area contributed by atoms with Crippen molar-refractivity contribution in [2.45, 2.75) is 26.4 Å². The maximum atomic E-state index is 11.8. The third-order valence-electron chi connectivity index (χ3n) is 3.12. The number of rotatable bonds is 7. The minimum atomic E-state index is -0.296. The van der Waals surface area contributed by atoms with Crippen LogP contribution in [-0.4, -0.2) is 12.6 Å². The van der Waals surface area contributed by atoms with E-state index in [-0.39, 0.29) is 5.97 Å². The van der Waals surface area contributed by atoms with E-state index in [1.165, 1.54) is 0 Å². The van der Waals surface area contributed by atoms with Gasteiger partial charge in [0.1, 0.15) is 12.4 Å². The minimum Gasteiger partial charge on any atom is -0.489 e. The van der Waals surface area contributed by atoms with Crippen molar-refractivity contribution in [2.24, 2.45) is 0 Å². The van der Waals surface area contributed by atoms with Crippen LogP contribution >= 0.6 is 11.6 Å². The summed E-state index contributed by atoms with van der Waals surface area (Å²) in [6.45, 7) is 2.95. The normalized spacial score (nSPS) is 10.3. The number of unbranched alkanes of at least 4 members (excludes halogenated alkanes) is 1. The average molecular weight is 319 g/mol. The molecule has 0 bridgehead atoms. The molecule has 0 N–H and O–H groups in total. The van der Waals surface area contributed by atoms with Crippen LogP contribution in [0.15, 0.2) is 48.5 Å². The molecule has 0 saturated carbocycles. The van der Waals surface area contributed by atoms with Gasteiger partial charge in [0.2, 0.25) is 0 Å². The topological polar surface area (TPSA) is 35.5 Å². The van der Waals surface area contributed by atoms with Gasteiger partial charge in [-0.3, -0.25) is 0 Å². The van der Waals surface area contributed by atoms with Crippen molar-refractivity contribution >= 4 is 17.6 Å². The highest BCUT2D eigenvalue weighted by molar-refractivity contribution is 6.30. The number of hydrogen-bond acceptors (Lipinski definition) is 3. The molecule has 2 aromatic carbocycles. The van der Waals surface area contributed by atoms with Crippen LogP contribution in [0.5, 0.6) is 5.75 Å². The smallest absolute Gasteiger partial charge is 0.338 e. The van der Waals surface area contributed by atoms with Crippen molar-refractivity contribution in [1.29, 1.82) is 0 Å². The first kappa shape index (κ1) is 16.4. The highest BCUT2D eigenvalue weighted by Gasteiger charge is 2.06. The molecule has 0 saturated heterocycles. The lowest BCUT2D eigenvalue weighted by atomic mass is 10.2. The molecule has 0 atom stereocenters. The van der Waals surface area contributed by atoms with Gasteiger partial charge >= 0.3 is 5.97 Å². The summed E-state index contributed by atoms with van der Waals surface area (Å²) in [6.07, 6.45) is 1.89. The van der Waals surface area contributed by atoms with Gasteiger partial charge in [-0.1, -0.05) is 37.1 Å². The highest BCUT2D eigenvalue weighted by atomic mass is 35.5. The lowest BCUT2D eigenvalue weighted by Gasteiger charge is -2.08. The molecule has 0 aromatic heterocycles. The molecule has 2 rings (SSSR count). The van der Waals surface area contributed by atoms with Gasteiger partial charge in [0.15, 0.2) is 0 Å². The fourth-order valence-electron chi connectivity index (χ4n) is 1.87. The minimum absolute atomic E-state index is 0.296. The molecule has 0 heterocycles. The molecule has 0 spiro atoms. The van der Waals surface area contributed by atoms with E-state index in [0.717, 1.165) is 18.4 Å². The van der Waals surface area contributed by atoms with Gasteiger partial charge in [0.25, 0.3) is 0 Å². The molecule has 0 unspecified atom stereocenters. The van der Waals surface area contributed by atoms with E-state index in [2.05, 4.69) is 6.92 Å². The standard InChI is InChI=1S/C18H19ClO3/c1-2-3-11-21-18(20)15-7-9-17(10-8-15)22-13-14-5-4-6-16(19)12-14/h4-10,12H,2-3,11,13H2,1H3. The molecule has 4 heteroatoms. The van der Waals surface area contributed by atoms with Crippen LogP contribution in [0.2, 0.25) is 5.02 Å². The van der Waals surface area contributed by atoms with E-state index < -0.39 is 0 Å². The number of carbonyl (C=O) groups excluding carboxylic acids is 1. The zero-order chi connectivity index (χ0) is 15.8. The highest BCUT2D eigenvalue weighted by Crippen LogP contribution is 2.16. The molecule has 0 fully saturated rings.